The molecule has 0 radical (unpaired) electrons. The Morgan fingerprint density at radius 3 is 2.41 bits per heavy atom. The number of hydrogen-bond donors (Lipinski definition) is 0. The Morgan fingerprint density at radius 1 is 1.03 bits per heavy atom. The van der Waals surface area contributed by atoms with E-state index in [2.05, 4.69) is 0 Å². The molecule has 0 bridgehead atoms. The van der Waals surface area contributed by atoms with Crippen molar-refractivity contribution in [2.75, 3.05) is 0 Å². The predicted octanol–water partition coefficient (Wildman–Crippen LogP) is 6.89. The van der Waals surface area contributed by atoms with E-state index in [0.29, 0.717) is 23.0 Å². The van der Waals surface area contributed by atoms with Crippen LogP contribution in [-0.2, 0) is 13.6 Å². The van der Waals surface area contributed by atoms with Crippen LogP contribution in [0.15, 0.2) is 78.9 Å². The van der Waals surface area contributed by atoms with Gasteiger partial charge in [-0.05, 0) is 50.6 Å². The molecule has 0 aliphatic rings. The number of nitrogens with zero attached hydrogens (tertiary/aromatic N) is 3. The fraction of sp³-hybridized carbons (Fsp3) is 0.214. The average Bonchev–Trinajstić information content (AvgIpc) is 3.12. The second-order valence-electron chi connectivity index (χ2n) is 8.55. The van der Waals surface area contributed by atoms with Gasteiger partial charge in [0.1, 0.15) is 11.4 Å². The number of ether oxygens (including phenoxy) is 1. The lowest BCUT2D eigenvalue weighted by Crippen LogP contribution is -2.36. The number of hydrogen-bond acceptors (Lipinski definition) is 3. The van der Waals surface area contributed by atoms with Crippen molar-refractivity contribution in [3.63, 3.8) is 0 Å². The molecule has 0 aliphatic heterocycles. The maximum Gasteiger partial charge on any atom is 0.255 e. The molecule has 174 valence electrons. The lowest BCUT2D eigenvalue weighted by atomic mass is 10.1. The number of benzene rings is 3. The van der Waals surface area contributed by atoms with Crippen LogP contribution in [0.4, 0.5) is 0 Å². The molecule has 0 aliphatic carbocycles. The molecule has 3 aromatic carbocycles. The Kier molecular flexibility index (Phi) is 7.03. The molecule has 4 rings (SSSR count). The van der Waals surface area contributed by atoms with E-state index in [0.717, 1.165) is 28.1 Å². The van der Waals surface area contributed by atoms with Crippen LogP contribution in [0.3, 0.4) is 0 Å². The van der Waals surface area contributed by atoms with E-state index in [1.165, 1.54) is 0 Å². The first kappa shape index (κ1) is 23.6. The summed E-state index contributed by atoms with van der Waals surface area (Å²) < 4.78 is 8.08. The summed E-state index contributed by atoms with van der Waals surface area (Å²) in [6.45, 7) is 6.33. The summed E-state index contributed by atoms with van der Waals surface area (Å²) in [5.41, 5.74) is 4.15. The van der Waals surface area contributed by atoms with Crippen molar-refractivity contribution in [3.05, 3.63) is 101 Å². The molecular formula is C28H28ClN3O2. The molecule has 0 spiro atoms. The van der Waals surface area contributed by atoms with Crippen LogP contribution in [0, 0.1) is 6.92 Å². The zero-order valence-electron chi connectivity index (χ0n) is 19.8. The van der Waals surface area contributed by atoms with Crippen LogP contribution < -0.4 is 4.74 Å². The van der Waals surface area contributed by atoms with Crippen LogP contribution in [0.1, 0.15) is 35.3 Å². The van der Waals surface area contributed by atoms with Gasteiger partial charge in [-0.3, -0.25) is 4.79 Å². The normalized spacial score (nSPS) is 11.0. The molecule has 0 fully saturated rings. The third kappa shape index (κ3) is 5.00. The van der Waals surface area contributed by atoms with Gasteiger partial charge in [0.05, 0.1) is 22.7 Å². The minimum absolute atomic E-state index is 0.0700. The fourth-order valence-corrected chi connectivity index (χ4v) is 4.11. The first-order valence-electron chi connectivity index (χ1n) is 11.3. The number of carbonyl (C=O) groups excluding carboxylic acids is 1. The van der Waals surface area contributed by atoms with Crippen LogP contribution >= 0.6 is 11.6 Å². The van der Waals surface area contributed by atoms with Crippen molar-refractivity contribution in [1.29, 1.82) is 0 Å². The van der Waals surface area contributed by atoms with Gasteiger partial charge in [0.25, 0.3) is 5.91 Å². The molecule has 1 amide bonds. The molecule has 34 heavy (non-hydrogen) atoms. The van der Waals surface area contributed by atoms with Gasteiger partial charge in [-0.15, -0.1) is 0 Å². The lowest BCUT2D eigenvalue weighted by molar-refractivity contribution is 0.0689. The summed E-state index contributed by atoms with van der Waals surface area (Å²) in [6, 6.07) is 24.9. The number of amides is 1. The van der Waals surface area contributed by atoms with Gasteiger partial charge in [0.15, 0.2) is 0 Å². The molecule has 5 nitrogen and oxygen atoms in total. The molecule has 6 heteroatoms. The topological polar surface area (TPSA) is 47.4 Å². The van der Waals surface area contributed by atoms with Gasteiger partial charge in [-0.25, -0.2) is 4.68 Å². The molecule has 0 N–H and O–H groups in total. The summed E-state index contributed by atoms with van der Waals surface area (Å²) in [7, 11) is 1.86. The van der Waals surface area contributed by atoms with E-state index in [4.69, 9.17) is 21.4 Å². The molecule has 4 aromatic rings. The Labute approximate surface area is 205 Å². The third-order valence-electron chi connectivity index (χ3n) is 5.66. The van der Waals surface area contributed by atoms with Crippen molar-refractivity contribution in [1.82, 2.24) is 14.7 Å². The number of carbonyl (C=O) groups is 1. The van der Waals surface area contributed by atoms with Gasteiger partial charge in [-0.2, -0.15) is 5.10 Å². The molecule has 0 unspecified atom stereocenters. The van der Waals surface area contributed by atoms with Gasteiger partial charge in [0, 0.05) is 18.7 Å². The minimum atomic E-state index is -0.134. The molecule has 0 saturated carbocycles. The Bertz CT molecular complexity index is 1300. The maximum absolute atomic E-state index is 13.6. The smallest absolute Gasteiger partial charge is 0.255 e. The van der Waals surface area contributed by atoms with Crippen molar-refractivity contribution in [2.24, 2.45) is 7.05 Å². The monoisotopic (exact) mass is 473 g/mol. The zero-order chi connectivity index (χ0) is 24.2. The lowest BCUT2D eigenvalue weighted by Gasteiger charge is -2.27. The van der Waals surface area contributed by atoms with Crippen LogP contribution in [0.5, 0.6) is 11.6 Å². The number of aromatic nitrogens is 2. The SMILES string of the molecule is Cc1cccc(Oc2c(CN(C(=O)c3ccccc3Cl)C(C)C)c(-c3ccccc3)nn2C)c1. The van der Waals surface area contributed by atoms with Crippen LogP contribution in [0.25, 0.3) is 11.3 Å². The number of aryl methyl sites for hydroxylation is 2. The molecule has 0 atom stereocenters. The first-order valence-corrected chi connectivity index (χ1v) is 11.6. The maximum atomic E-state index is 13.6. The van der Waals surface area contributed by atoms with Crippen molar-refractivity contribution in [2.45, 2.75) is 33.4 Å². The van der Waals surface area contributed by atoms with E-state index >= 15 is 0 Å². The molecular weight excluding hydrogens is 446 g/mol. The highest BCUT2D eigenvalue weighted by Gasteiger charge is 2.27. The predicted molar refractivity (Wildman–Crippen MR) is 136 cm³/mol. The van der Waals surface area contributed by atoms with E-state index in [1.807, 2.05) is 94.5 Å². The van der Waals surface area contributed by atoms with E-state index in [9.17, 15) is 4.79 Å². The Morgan fingerprint density at radius 2 is 1.74 bits per heavy atom. The second-order valence-corrected chi connectivity index (χ2v) is 8.95. The van der Waals surface area contributed by atoms with Gasteiger partial charge >= 0.3 is 0 Å². The second kappa shape index (κ2) is 10.1. The largest absolute Gasteiger partial charge is 0.439 e. The molecule has 1 aromatic heterocycles. The van der Waals surface area contributed by atoms with Gasteiger partial charge < -0.3 is 9.64 Å². The summed E-state index contributed by atoms with van der Waals surface area (Å²) in [6.07, 6.45) is 0. The van der Waals surface area contributed by atoms with E-state index < -0.39 is 0 Å². The third-order valence-corrected chi connectivity index (χ3v) is 5.99. The first-order chi connectivity index (χ1) is 16.3. The highest BCUT2D eigenvalue weighted by molar-refractivity contribution is 6.33. The zero-order valence-corrected chi connectivity index (χ0v) is 20.6. The summed E-state index contributed by atoms with van der Waals surface area (Å²) in [4.78, 5) is 15.4. The number of rotatable bonds is 7. The Balaban J connectivity index is 1.80. The fourth-order valence-electron chi connectivity index (χ4n) is 3.89. The average molecular weight is 474 g/mol. The van der Waals surface area contributed by atoms with Gasteiger partial charge in [0.2, 0.25) is 5.88 Å². The highest BCUT2D eigenvalue weighted by atomic mass is 35.5. The van der Waals surface area contributed by atoms with Crippen molar-refractivity contribution >= 4 is 17.5 Å². The standard InChI is InChI=1S/C28H28ClN3O2/c1-19(2)32(27(33)23-15-8-9-16-25(23)29)18-24-26(21-12-6-5-7-13-21)30-31(4)28(24)34-22-14-10-11-20(3)17-22/h5-17,19H,18H2,1-4H3. The summed E-state index contributed by atoms with van der Waals surface area (Å²) in [5, 5.41) is 5.22. The van der Waals surface area contributed by atoms with Crippen molar-refractivity contribution in [3.8, 4) is 22.9 Å². The van der Waals surface area contributed by atoms with Gasteiger partial charge in [-0.1, -0.05) is 66.2 Å². The van der Waals surface area contributed by atoms with Crippen LogP contribution in [0.2, 0.25) is 5.02 Å². The summed E-state index contributed by atoms with van der Waals surface area (Å²) >= 11 is 6.37. The highest BCUT2D eigenvalue weighted by Crippen LogP contribution is 2.35. The number of halogens is 1. The summed E-state index contributed by atoms with van der Waals surface area (Å²) in [5.74, 6) is 1.18. The van der Waals surface area contributed by atoms with E-state index in [1.54, 1.807) is 21.7 Å². The van der Waals surface area contributed by atoms with Crippen molar-refractivity contribution < 1.29 is 9.53 Å². The quantitative estimate of drug-likeness (QED) is 0.293. The van der Waals surface area contributed by atoms with E-state index in [-0.39, 0.29) is 11.9 Å². The molecule has 0 saturated heterocycles. The van der Waals surface area contributed by atoms with Crippen LogP contribution in [-0.4, -0.2) is 26.6 Å². The molecule has 1 heterocycles. The minimum Gasteiger partial charge on any atom is -0.439 e. The Hall–Kier alpha value is -3.57.